The van der Waals surface area contributed by atoms with Gasteiger partial charge in [0.15, 0.2) is 11.8 Å². The molecular weight excluding hydrogens is 146 g/mol. The average Bonchev–Trinajstić information content (AvgIpc) is 2.34. The number of carbonyl (C=O) groups is 1. The molecule has 1 fully saturated rings. The molecule has 5 nitrogen and oxygen atoms in total. The monoisotopic (exact) mass is 153 g/mol. The molecule has 0 aromatic rings. The van der Waals surface area contributed by atoms with Gasteiger partial charge in [0.1, 0.15) is 0 Å². The van der Waals surface area contributed by atoms with Crippen LogP contribution in [0.3, 0.4) is 0 Å². The van der Waals surface area contributed by atoms with Crippen molar-refractivity contribution >= 4 is 5.78 Å². The lowest BCUT2D eigenvalue weighted by atomic mass is 10.1. The van der Waals surface area contributed by atoms with E-state index in [0.717, 1.165) is 5.17 Å². The number of hydrazine groups is 2. The van der Waals surface area contributed by atoms with Gasteiger partial charge in [0.05, 0.1) is 5.70 Å². The lowest BCUT2D eigenvalue weighted by molar-refractivity contribution is -0.157. The zero-order valence-corrected chi connectivity index (χ0v) is 5.61. The van der Waals surface area contributed by atoms with Crippen molar-refractivity contribution in [1.82, 2.24) is 16.1 Å². The molecule has 2 aliphatic rings. The van der Waals surface area contributed by atoms with Crippen LogP contribution in [0.2, 0.25) is 0 Å². The molecule has 0 spiro atoms. The van der Waals surface area contributed by atoms with Gasteiger partial charge in [-0.1, -0.05) is 11.2 Å². The molecule has 0 radical (unpaired) electrons. The van der Waals surface area contributed by atoms with E-state index in [9.17, 15) is 4.79 Å². The third-order valence-electron chi connectivity index (χ3n) is 1.66. The van der Waals surface area contributed by atoms with Crippen LogP contribution in [0.25, 0.3) is 0 Å². The average molecular weight is 153 g/mol. The fraction of sp³-hybridized carbons (Fsp3) is 0.167. The first-order valence-corrected chi connectivity index (χ1v) is 3.21. The Morgan fingerprint density at radius 2 is 2.45 bits per heavy atom. The van der Waals surface area contributed by atoms with Crippen molar-refractivity contribution in [1.29, 1.82) is 0 Å². The summed E-state index contributed by atoms with van der Waals surface area (Å²) in [4.78, 5) is 11.1. The Bertz CT molecular complexity index is 259. The van der Waals surface area contributed by atoms with Gasteiger partial charge in [-0.05, 0) is 12.2 Å². The summed E-state index contributed by atoms with van der Waals surface area (Å²) in [5.41, 5.74) is 5.72. The number of fused-ring (bicyclic) bond motifs is 1. The van der Waals surface area contributed by atoms with Crippen molar-refractivity contribution in [2.24, 2.45) is 0 Å². The Kier molecular flexibility index (Phi) is 1.28. The van der Waals surface area contributed by atoms with Gasteiger partial charge in [0, 0.05) is 0 Å². The van der Waals surface area contributed by atoms with Gasteiger partial charge in [0.2, 0.25) is 0 Å². The Labute approximate surface area is 62.9 Å². The van der Waals surface area contributed by atoms with E-state index >= 15 is 0 Å². The number of carbonyl (C=O) groups excluding carboxylic acids is 1. The normalized spacial score (nSPS) is 29.7. The Balaban J connectivity index is 2.34. The van der Waals surface area contributed by atoms with Crippen LogP contribution in [0.4, 0.5) is 0 Å². The third-order valence-corrected chi connectivity index (χ3v) is 1.66. The zero-order valence-electron chi connectivity index (χ0n) is 5.61. The van der Waals surface area contributed by atoms with E-state index in [0.29, 0.717) is 5.70 Å². The van der Waals surface area contributed by atoms with Crippen LogP contribution in [0.5, 0.6) is 0 Å². The predicted octanol–water partition coefficient (Wildman–Crippen LogP) is -0.908. The van der Waals surface area contributed by atoms with Crippen molar-refractivity contribution in [3.63, 3.8) is 0 Å². The quantitative estimate of drug-likeness (QED) is 0.420. The highest BCUT2D eigenvalue weighted by Gasteiger charge is 2.34. The van der Waals surface area contributed by atoms with E-state index in [1.807, 2.05) is 0 Å². The van der Waals surface area contributed by atoms with Gasteiger partial charge in [-0.2, -0.15) is 0 Å². The summed E-state index contributed by atoms with van der Waals surface area (Å²) in [6.07, 6.45) is 4.80. The molecule has 3 N–H and O–H groups in total. The standard InChI is InChI=1S/C6H7N3O2/c10-5-3-1-2-4-6(5)9(11)8-7-4/h1-3,6-8,11H. The van der Waals surface area contributed by atoms with Crippen molar-refractivity contribution in [3.8, 4) is 0 Å². The Morgan fingerprint density at radius 1 is 1.64 bits per heavy atom. The highest BCUT2D eigenvalue weighted by molar-refractivity contribution is 5.98. The molecule has 5 heteroatoms. The van der Waals surface area contributed by atoms with Crippen molar-refractivity contribution in [3.05, 3.63) is 23.9 Å². The molecule has 1 aliphatic heterocycles. The van der Waals surface area contributed by atoms with Gasteiger partial charge in [-0.25, -0.2) is 0 Å². The van der Waals surface area contributed by atoms with E-state index in [1.165, 1.54) is 6.08 Å². The molecular formula is C6H7N3O2. The van der Waals surface area contributed by atoms with Crippen LogP contribution in [-0.2, 0) is 4.79 Å². The van der Waals surface area contributed by atoms with E-state index in [1.54, 1.807) is 12.2 Å². The Hall–Kier alpha value is -1.17. The van der Waals surface area contributed by atoms with Crippen LogP contribution >= 0.6 is 0 Å². The first kappa shape index (κ1) is 6.53. The molecule has 2 rings (SSSR count). The number of hydrogen-bond acceptors (Lipinski definition) is 5. The summed E-state index contributed by atoms with van der Waals surface area (Å²) in [5, 5.41) is 9.81. The highest BCUT2D eigenvalue weighted by atomic mass is 16.6. The molecule has 0 aromatic carbocycles. The number of ketones is 1. The van der Waals surface area contributed by atoms with Crippen LogP contribution in [0, 0.1) is 0 Å². The van der Waals surface area contributed by atoms with E-state index in [-0.39, 0.29) is 5.78 Å². The summed E-state index contributed by atoms with van der Waals surface area (Å²) in [5.74, 6) is -0.137. The molecule has 0 amide bonds. The zero-order chi connectivity index (χ0) is 7.84. The molecule has 11 heavy (non-hydrogen) atoms. The maximum Gasteiger partial charge on any atom is 0.182 e. The smallest absolute Gasteiger partial charge is 0.182 e. The van der Waals surface area contributed by atoms with Gasteiger partial charge in [-0.15, -0.1) is 5.53 Å². The molecule has 1 aliphatic carbocycles. The van der Waals surface area contributed by atoms with Crippen LogP contribution in [0.15, 0.2) is 23.9 Å². The molecule has 1 heterocycles. The number of nitrogens with one attached hydrogen (secondary N) is 2. The largest absolute Gasteiger partial charge is 0.308 e. The predicted molar refractivity (Wildman–Crippen MR) is 35.9 cm³/mol. The number of hydroxylamine groups is 1. The fourth-order valence-electron chi connectivity index (χ4n) is 1.13. The topological polar surface area (TPSA) is 64.6 Å². The summed E-state index contributed by atoms with van der Waals surface area (Å²) >= 11 is 0. The molecule has 0 aromatic heterocycles. The van der Waals surface area contributed by atoms with Crippen LogP contribution in [0.1, 0.15) is 0 Å². The first-order chi connectivity index (χ1) is 5.29. The fourth-order valence-corrected chi connectivity index (χ4v) is 1.13. The second-order valence-corrected chi connectivity index (χ2v) is 2.37. The Morgan fingerprint density at radius 3 is 3.18 bits per heavy atom. The number of allylic oxidation sites excluding steroid dienone is 2. The maximum atomic E-state index is 11.1. The van der Waals surface area contributed by atoms with Crippen molar-refractivity contribution in [2.45, 2.75) is 6.04 Å². The maximum absolute atomic E-state index is 11.1. The number of rotatable bonds is 0. The minimum absolute atomic E-state index is 0.137. The van der Waals surface area contributed by atoms with E-state index in [2.05, 4.69) is 11.0 Å². The number of hydrogen-bond donors (Lipinski definition) is 3. The molecule has 1 unspecified atom stereocenters. The summed E-state index contributed by atoms with van der Waals surface area (Å²) in [6.45, 7) is 0. The van der Waals surface area contributed by atoms with Crippen molar-refractivity contribution < 1.29 is 10.0 Å². The first-order valence-electron chi connectivity index (χ1n) is 3.21. The highest BCUT2D eigenvalue weighted by Crippen LogP contribution is 2.14. The second-order valence-electron chi connectivity index (χ2n) is 2.37. The molecule has 0 bridgehead atoms. The third kappa shape index (κ3) is 0.864. The minimum Gasteiger partial charge on any atom is -0.308 e. The van der Waals surface area contributed by atoms with Gasteiger partial charge in [-0.3, -0.25) is 10.0 Å². The summed E-state index contributed by atoms with van der Waals surface area (Å²) in [7, 11) is 0. The molecule has 0 saturated carbocycles. The molecule has 58 valence electrons. The number of nitrogens with zero attached hydrogens (tertiary/aromatic N) is 1. The van der Waals surface area contributed by atoms with Gasteiger partial charge < -0.3 is 5.43 Å². The lowest BCUT2D eigenvalue weighted by Gasteiger charge is -2.13. The molecule has 1 atom stereocenters. The van der Waals surface area contributed by atoms with E-state index < -0.39 is 6.04 Å². The van der Waals surface area contributed by atoms with Crippen LogP contribution in [-0.4, -0.2) is 22.2 Å². The minimum atomic E-state index is -0.597. The SMILES string of the molecule is O=C1C=CC=C2NNN(O)C12. The van der Waals surface area contributed by atoms with Gasteiger partial charge >= 0.3 is 0 Å². The van der Waals surface area contributed by atoms with Gasteiger partial charge in [0.25, 0.3) is 0 Å². The molecule has 1 saturated heterocycles. The summed E-state index contributed by atoms with van der Waals surface area (Å²) in [6, 6.07) is -0.597. The van der Waals surface area contributed by atoms with Crippen LogP contribution < -0.4 is 11.0 Å². The van der Waals surface area contributed by atoms with Crippen molar-refractivity contribution in [2.75, 3.05) is 0 Å². The van der Waals surface area contributed by atoms with E-state index in [4.69, 9.17) is 5.21 Å². The lowest BCUT2D eigenvalue weighted by Crippen LogP contribution is -2.40. The second kappa shape index (κ2) is 2.16. The summed E-state index contributed by atoms with van der Waals surface area (Å²) < 4.78 is 0.